The van der Waals surface area contributed by atoms with Crippen molar-refractivity contribution in [3.63, 3.8) is 0 Å². The topological polar surface area (TPSA) is 81.1 Å². The summed E-state index contributed by atoms with van der Waals surface area (Å²) in [6.45, 7) is -0.356. The number of benzene rings is 2. The van der Waals surface area contributed by atoms with E-state index >= 15 is 0 Å². The molecule has 3 aromatic rings. The second kappa shape index (κ2) is 7.95. The summed E-state index contributed by atoms with van der Waals surface area (Å²) in [4.78, 5) is 11.4. The van der Waals surface area contributed by atoms with Gasteiger partial charge in [-0.05, 0) is 42.5 Å². The van der Waals surface area contributed by atoms with E-state index in [2.05, 4.69) is 9.82 Å². The minimum absolute atomic E-state index is 0.120. The molecule has 1 N–H and O–H groups in total. The van der Waals surface area contributed by atoms with Gasteiger partial charge in [-0.15, -0.1) is 0 Å². The number of hydrogen-bond acceptors (Lipinski definition) is 4. The molecule has 0 radical (unpaired) electrons. The second-order valence-electron chi connectivity index (χ2n) is 5.79. The molecule has 0 aliphatic carbocycles. The normalized spacial score (nSPS) is 11.5. The first kappa shape index (κ1) is 19.8. The molecule has 0 saturated heterocycles. The van der Waals surface area contributed by atoms with Crippen molar-refractivity contribution < 1.29 is 21.6 Å². The van der Waals surface area contributed by atoms with Crippen LogP contribution in [-0.2, 0) is 16.6 Å². The number of nitrogens with one attached hydrogen (secondary N) is 1. The van der Waals surface area contributed by atoms with Crippen LogP contribution in [0.4, 0.5) is 13.2 Å². The predicted octanol–water partition coefficient (Wildman–Crippen LogP) is 2.31. The first-order valence-corrected chi connectivity index (χ1v) is 9.53. The minimum Gasteiger partial charge on any atom is -0.268 e. The summed E-state index contributed by atoms with van der Waals surface area (Å²) in [7, 11) is -4.17. The first-order valence-electron chi connectivity index (χ1n) is 8.04. The van der Waals surface area contributed by atoms with Crippen molar-refractivity contribution in [1.82, 2.24) is 14.5 Å². The lowest BCUT2D eigenvalue weighted by Crippen LogP contribution is -2.32. The van der Waals surface area contributed by atoms with Crippen LogP contribution >= 0.6 is 0 Å². The summed E-state index contributed by atoms with van der Waals surface area (Å²) in [5.41, 5.74) is 0.502. The van der Waals surface area contributed by atoms with Crippen molar-refractivity contribution in [2.45, 2.75) is 11.4 Å². The Labute approximate surface area is 158 Å². The van der Waals surface area contributed by atoms with Gasteiger partial charge in [0.25, 0.3) is 5.56 Å². The molecular weight excluding hydrogens is 395 g/mol. The number of rotatable bonds is 6. The van der Waals surface area contributed by atoms with Gasteiger partial charge in [0.1, 0.15) is 17.5 Å². The third-order valence-corrected chi connectivity index (χ3v) is 5.21. The average molecular weight is 409 g/mol. The Morgan fingerprint density at radius 3 is 2.18 bits per heavy atom. The van der Waals surface area contributed by atoms with Crippen molar-refractivity contribution in [1.29, 1.82) is 0 Å². The fraction of sp³-hybridized carbons (Fsp3) is 0.111. The standard InChI is InChI=1S/C18H14F3N3O3S/c19-13-3-1-12(2-4-13)17-5-6-18(25)24(23-17)8-7-22-28(26,27)16-10-14(20)9-15(21)11-16/h1-6,9-11,22H,7-8H2. The van der Waals surface area contributed by atoms with Crippen LogP contribution in [0.15, 0.2) is 64.3 Å². The van der Waals surface area contributed by atoms with Gasteiger partial charge in [0.15, 0.2) is 0 Å². The molecule has 0 aliphatic rings. The molecule has 0 amide bonds. The molecule has 0 saturated carbocycles. The predicted molar refractivity (Wildman–Crippen MR) is 95.4 cm³/mol. The second-order valence-corrected chi connectivity index (χ2v) is 7.56. The summed E-state index contributed by atoms with van der Waals surface area (Å²) < 4.78 is 66.9. The number of halogens is 3. The highest BCUT2D eigenvalue weighted by atomic mass is 32.2. The van der Waals surface area contributed by atoms with Crippen LogP contribution in [0.3, 0.4) is 0 Å². The Kier molecular flexibility index (Phi) is 5.61. The highest BCUT2D eigenvalue weighted by Crippen LogP contribution is 2.16. The number of hydrogen-bond donors (Lipinski definition) is 1. The van der Waals surface area contributed by atoms with Gasteiger partial charge in [0.05, 0.1) is 17.1 Å². The molecule has 1 heterocycles. The van der Waals surface area contributed by atoms with Crippen LogP contribution in [0, 0.1) is 17.5 Å². The molecule has 0 unspecified atom stereocenters. The smallest absolute Gasteiger partial charge is 0.266 e. The quantitative estimate of drug-likeness (QED) is 0.678. The zero-order chi connectivity index (χ0) is 20.3. The minimum atomic E-state index is -4.17. The number of aromatic nitrogens is 2. The van der Waals surface area contributed by atoms with Crippen molar-refractivity contribution in [3.05, 3.63) is 82.4 Å². The van der Waals surface area contributed by atoms with Crippen LogP contribution in [0.1, 0.15) is 0 Å². The largest absolute Gasteiger partial charge is 0.268 e. The maximum atomic E-state index is 13.2. The van der Waals surface area contributed by atoms with Crippen LogP contribution < -0.4 is 10.3 Å². The molecule has 0 spiro atoms. The highest BCUT2D eigenvalue weighted by molar-refractivity contribution is 7.89. The van der Waals surface area contributed by atoms with E-state index in [0.29, 0.717) is 29.5 Å². The van der Waals surface area contributed by atoms with Crippen molar-refractivity contribution >= 4 is 10.0 Å². The zero-order valence-corrected chi connectivity index (χ0v) is 15.1. The lowest BCUT2D eigenvalue weighted by molar-refractivity contribution is 0.543. The third kappa shape index (κ3) is 4.65. The fourth-order valence-electron chi connectivity index (χ4n) is 2.44. The molecule has 0 atom stereocenters. The molecule has 6 nitrogen and oxygen atoms in total. The van der Waals surface area contributed by atoms with Crippen LogP contribution in [0.25, 0.3) is 11.3 Å². The van der Waals surface area contributed by atoms with Gasteiger partial charge in [-0.3, -0.25) is 4.79 Å². The molecule has 0 fully saturated rings. The molecule has 0 aliphatic heterocycles. The molecule has 0 bridgehead atoms. The first-order chi connectivity index (χ1) is 13.2. The Balaban J connectivity index is 1.74. The van der Waals surface area contributed by atoms with Gasteiger partial charge < -0.3 is 0 Å². The SMILES string of the molecule is O=c1ccc(-c2ccc(F)cc2)nn1CCNS(=O)(=O)c1cc(F)cc(F)c1. The van der Waals surface area contributed by atoms with Crippen molar-refractivity contribution in [2.24, 2.45) is 0 Å². The monoisotopic (exact) mass is 409 g/mol. The molecule has 146 valence electrons. The lowest BCUT2D eigenvalue weighted by atomic mass is 10.1. The third-order valence-electron chi connectivity index (χ3n) is 3.77. The van der Waals surface area contributed by atoms with Gasteiger partial charge in [-0.1, -0.05) is 0 Å². The maximum absolute atomic E-state index is 13.2. The van der Waals surface area contributed by atoms with E-state index in [1.807, 2.05) is 0 Å². The van der Waals surface area contributed by atoms with E-state index in [9.17, 15) is 26.4 Å². The van der Waals surface area contributed by atoms with Crippen LogP contribution in [0.2, 0.25) is 0 Å². The number of nitrogens with zero attached hydrogens (tertiary/aromatic N) is 2. The van der Waals surface area contributed by atoms with E-state index in [1.54, 1.807) is 0 Å². The van der Waals surface area contributed by atoms with Crippen molar-refractivity contribution in [2.75, 3.05) is 6.54 Å². The zero-order valence-electron chi connectivity index (χ0n) is 14.3. The Morgan fingerprint density at radius 2 is 1.54 bits per heavy atom. The van der Waals surface area contributed by atoms with E-state index in [4.69, 9.17) is 0 Å². The molecule has 10 heteroatoms. The van der Waals surface area contributed by atoms with Crippen LogP contribution in [-0.4, -0.2) is 24.7 Å². The summed E-state index contributed by atoms with van der Waals surface area (Å²) >= 11 is 0. The Hall–Kier alpha value is -2.98. The lowest BCUT2D eigenvalue weighted by Gasteiger charge is -2.09. The highest BCUT2D eigenvalue weighted by Gasteiger charge is 2.16. The average Bonchev–Trinajstić information content (AvgIpc) is 2.63. The summed E-state index contributed by atoms with van der Waals surface area (Å²) in [5, 5.41) is 4.12. The van der Waals surface area contributed by atoms with Gasteiger partial charge in [0, 0.05) is 24.2 Å². The summed E-state index contributed by atoms with van der Waals surface area (Å²) in [6, 6.07) is 10.1. The Morgan fingerprint density at radius 1 is 0.893 bits per heavy atom. The van der Waals surface area contributed by atoms with Gasteiger partial charge >= 0.3 is 0 Å². The van der Waals surface area contributed by atoms with Gasteiger partial charge in [-0.2, -0.15) is 5.10 Å². The summed E-state index contributed by atoms with van der Waals surface area (Å²) in [6.07, 6.45) is 0. The number of sulfonamides is 1. The molecule has 28 heavy (non-hydrogen) atoms. The van der Waals surface area contributed by atoms with E-state index in [0.717, 1.165) is 4.68 Å². The van der Waals surface area contributed by atoms with Crippen LogP contribution in [0.5, 0.6) is 0 Å². The molecule has 1 aromatic heterocycles. The van der Waals surface area contributed by atoms with Gasteiger partial charge in [-0.25, -0.2) is 31.0 Å². The van der Waals surface area contributed by atoms with E-state index < -0.39 is 37.9 Å². The van der Waals surface area contributed by atoms with E-state index in [1.165, 1.54) is 36.4 Å². The van der Waals surface area contributed by atoms with Crippen molar-refractivity contribution in [3.8, 4) is 11.3 Å². The maximum Gasteiger partial charge on any atom is 0.266 e. The van der Waals surface area contributed by atoms with E-state index in [-0.39, 0.29) is 13.1 Å². The fourth-order valence-corrected chi connectivity index (χ4v) is 3.50. The molecule has 3 rings (SSSR count). The van der Waals surface area contributed by atoms with Gasteiger partial charge in [0.2, 0.25) is 10.0 Å². The molecular formula is C18H14F3N3O3S. The molecule has 2 aromatic carbocycles. The Bertz CT molecular complexity index is 1140. The summed E-state index contributed by atoms with van der Waals surface area (Å²) in [5.74, 6) is -2.46.